The summed E-state index contributed by atoms with van der Waals surface area (Å²) in [6, 6.07) is 5.45. The molecule has 4 atom stereocenters. The Morgan fingerprint density at radius 3 is 2.55 bits per heavy atom. The van der Waals surface area contributed by atoms with E-state index in [2.05, 4.69) is 15.9 Å². The maximum Gasteiger partial charge on any atom is 0.338 e. The zero-order valence-electron chi connectivity index (χ0n) is 11.8. The molecule has 0 amide bonds. The van der Waals surface area contributed by atoms with Crippen molar-refractivity contribution in [1.29, 1.82) is 0 Å². The van der Waals surface area contributed by atoms with Crippen molar-refractivity contribution in [3.05, 3.63) is 39.9 Å². The van der Waals surface area contributed by atoms with Gasteiger partial charge in [0.2, 0.25) is 0 Å². The Kier molecular flexibility index (Phi) is 4.44. The number of halogens is 1. The largest absolute Gasteiger partial charge is 0.456 e. The maximum absolute atomic E-state index is 12.2. The highest BCUT2D eigenvalue weighted by molar-refractivity contribution is 9.09. The fourth-order valence-electron chi connectivity index (χ4n) is 2.98. The number of hydrogen-bond donors (Lipinski definition) is 0. The average Bonchev–Trinajstić information content (AvgIpc) is 2.95. The van der Waals surface area contributed by atoms with Crippen LogP contribution in [0.3, 0.4) is 0 Å². The van der Waals surface area contributed by atoms with Crippen molar-refractivity contribution in [2.45, 2.75) is 48.8 Å². The van der Waals surface area contributed by atoms with Gasteiger partial charge in [-0.15, -0.1) is 0 Å². The third kappa shape index (κ3) is 3.15. The summed E-state index contributed by atoms with van der Waals surface area (Å²) >= 11 is 3.62. The number of nitro groups is 1. The van der Waals surface area contributed by atoms with Crippen molar-refractivity contribution < 1.29 is 19.2 Å². The van der Waals surface area contributed by atoms with E-state index in [0.29, 0.717) is 10.4 Å². The number of fused-ring (bicyclic) bond motifs is 2. The molecule has 1 aromatic rings. The summed E-state index contributed by atoms with van der Waals surface area (Å²) in [5.74, 6) is -0.458. The van der Waals surface area contributed by atoms with Gasteiger partial charge in [0.15, 0.2) is 0 Å². The van der Waals surface area contributed by atoms with Crippen LogP contribution in [0.15, 0.2) is 24.3 Å². The maximum atomic E-state index is 12.2. The molecule has 0 radical (unpaired) electrons. The fourth-order valence-corrected chi connectivity index (χ4v) is 3.64. The van der Waals surface area contributed by atoms with Crippen LogP contribution in [-0.2, 0) is 9.47 Å². The first-order valence-electron chi connectivity index (χ1n) is 7.29. The lowest BCUT2D eigenvalue weighted by molar-refractivity contribution is -0.384. The zero-order chi connectivity index (χ0) is 15.7. The fraction of sp³-hybridized carbons (Fsp3) is 0.533. The van der Waals surface area contributed by atoms with Gasteiger partial charge >= 0.3 is 5.97 Å². The molecule has 0 aliphatic carbocycles. The molecule has 1 aromatic carbocycles. The van der Waals surface area contributed by atoms with E-state index in [1.165, 1.54) is 24.3 Å². The molecule has 0 saturated carbocycles. The summed E-state index contributed by atoms with van der Waals surface area (Å²) in [5, 5.41) is 10.6. The number of non-ortho nitro benzene ring substituents is 1. The Morgan fingerprint density at radius 1 is 1.18 bits per heavy atom. The summed E-state index contributed by atoms with van der Waals surface area (Å²) in [4.78, 5) is 22.6. The van der Waals surface area contributed by atoms with Crippen LogP contribution in [0.5, 0.6) is 0 Å². The number of nitro benzene ring substituents is 1. The van der Waals surface area contributed by atoms with E-state index in [4.69, 9.17) is 9.47 Å². The monoisotopic (exact) mass is 369 g/mol. The highest BCUT2D eigenvalue weighted by Gasteiger charge is 2.40. The Balaban J connectivity index is 1.67. The number of carbonyl (C=O) groups excluding carboxylic acids is 1. The van der Waals surface area contributed by atoms with Crippen molar-refractivity contribution in [2.24, 2.45) is 0 Å². The lowest BCUT2D eigenvalue weighted by atomic mass is 9.98. The Labute approximate surface area is 136 Å². The van der Waals surface area contributed by atoms with Gasteiger partial charge in [0.1, 0.15) is 6.10 Å². The van der Waals surface area contributed by atoms with E-state index in [9.17, 15) is 14.9 Å². The van der Waals surface area contributed by atoms with E-state index in [1.54, 1.807) is 0 Å². The van der Waals surface area contributed by atoms with Gasteiger partial charge in [0.05, 0.1) is 22.7 Å². The highest BCUT2D eigenvalue weighted by Crippen LogP contribution is 2.36. The van der Waals surface area contributed by atoms with Gasteiger partial charge in [-0.3, -0.25) is 10.1 Å². The number of alkyl halides is 1. The number of ether oxygens (including phenoxy) is 2. The molecule has 0 N–H and O–H groups in total. The second-order valence-electron chi connectivity index (χ2n) is 5.63. The number of rotatable bonds is 3. The molecule has 2 heterocycles. The van der Waals surface area contributed by atoms with Crippen LogP contribution >= 0.6 is 15.9 Å². The van der Waals surface area contributed by atoms with Crippen molar-refractivity contribution in [3.8, 4) is 0 Å². The molecule has 118 valence electrons. The van der Waals surface area contributed by atoms with E-state index in [1.807, 2.05) is 0 Å². The molecular weight excluding hydrogens is 354 g/mol. The first-order chi connectivity index (χ1) is 10.5. The molecule has 2 aliphatic heterocycles. The lowest BCUT2D eigenvalue weighted by Crippen LogP contribution is -2.30. The number of hydrogen-bond acceptors (Lipinski definition) is 5. The normalized spacial score (nSPS) is 30.6. The summed E-state index contributed by atoms with van der Waals surface area (Å²) < 4.78 is 11.5. The van der Waals surface area contributed by atoms with Crippen LogP contribution in [0.25, 0.3) is 0 Å². The molecule has 6 nitrogen and oxygen atoms in total. The van der Waals surface area contributed by atoms with Gasteiger partial charge in [-0.2, -0.15) is 0 Å². The second-order valence-corrected chi connectivity index (χ2v) is 6.81. The molecule has 0 aromatic heterocycles. The minimum atomic E-state index is -0.497. The van der Waals surface area contributed by atoms with Crippen molar-refractivity contribution in [1.82, 2.24) is 0 Å². The molecule has 2 saturated heterocycles. The van der Waals surface area contributed by atoms with Crippen molar-refractivity contribution in [2.75, 3.05) is 0 Å². The van der Waals surface area contributed by atoms with Crippen molar-refractivity contribution in [3.63, 3.8) is 0 Å². The first kappa shape index (κ1) is 15.4. The van der Waals surface area contributed by atoms with Gasteiger partial charge in [-0.25, -0.2) is 4.79 Å². The quantitative estimate of drug-likeness (QED) is 0.353. The van der Waals surface area contributed by atoms with E-state index >= 15 is 0 Å². The predicted octanol–water partition coefficient (Wildman–Crippen LogP) is 3.23. The Bertz CT molecular complexity index is 576. The first-order valence-corrected chi connectivity index (χ1v) is 8.21. The molecule has 2 fully saturated rings. The van der Waals surface area contributed by atoms with Crippen molar-refractivity contribution >= 4 is 27.6 Å². The van der Waals surface area contributed by atoms with Crippen LogP contribution in [0, 0.1) is 10.1 Å². The van der Waals surface area contributed by atoms with Crippen LogP contribution in [0.2, 0.25) is 0 Å². The van der Waals surface area contributed by atoms with Crippen LogP contribution < -0.4 is 0 Å². The molecule has 2 bridgehead atoms. The van der Waals surface area contributed by atoms with Gasteiger partial charge < -0.3 is 9.47 Å². The predicted molar refractivity (Wildman–Crippen MR) is 82.1 cm³/mol. The second kappa shape index (κ2) is 6.34. The van der Waals surface area contributed by atoms with E-state index in [-0.39, 0.29) is 24.0 Å². The van der Waals surface area contributed by atoms with Gasteiger partial charge in [-0.1, -0.05) is 15.9 Å². The van der Waals surface area contributed by atoms with Gasteiger partial charge in [-0.05, 0) is 37.8 Å². The topological polar surface area (TPSA) is 78.7 Å². The standard InChI is InChI=1S/C15H16BrNO5/c16-11-5-6-14(13-8-7-12(11)21-13)22-15(18)9-1-3-10(4-2-9)17(19)20/h1-4,11-14H,5-8H2/t11-,12-,13+,14+/m1/s1. The van der Waals surface area contributed by atoms with Crippen LogP contribution in [0.1, 0.15) is 36.0 Å². The molecule has 0 spiro atoms. The Morgan fingerprint density at radius 2 is 1.86 bits per heavy atom. The Hall–Kier alpha value is -1.47. The molecule has 3 rings (SSSR count). The van der Waals surface area contributed by atoms with E-state index < -0.39 is 10.9 Å². The summed E-state index contributed by atoms with van der Waals surface area (Å²) in [6.07, 6.45) is 3.43. The smallest absolute Gasteiger partial charge is 0.338 e. The molecule has 22 heavy (non-hydrogen) atoms. The zero-order valence-corrected chi connectivity index (χ0v) is 13.4. The molecule has 7 heteroatoms. The van der Waals surface area contributed by atoms with Gasteiger partial charge in [0, 0.05) is 17.0 Å². The molecular formula is C15H16BrNO5. The molecule has 2 aliphatic rings. The third-order valence-electron chi connectivity index (χ3n) is 4.20. The highest BCUT2D eigenvalue weighted by atomic mass is 79.9. The van der Waals surface area contributed by atoms with Gasteiger partial charge in [0.25, 0.3) is 5.69 Å². The van der Waals surface area contributed by atoms with E-state index in [0.717, 1.165) is 25.7 Å². The van der Waals surface area contributed by atoms with Crippen LogP contribution in [0.4, 0.5) is 5.69 Å². The molecule has 0 unspecified atom stereocenters. The number of carbonyl (C=O) groups is 1. The summed E-state index contributed by atoms with van der Waals surface area (Å²) in [5.41, 5.74) is 0.273. The number of esters is 1. The third-order valence-corrected chi connectivity index (χ3v) is 5.25. The summed E-state index contributed by atoms with van der Waals surface area (Å²) in [6.45, 7) is 0. The minimum absolute atomic E-state index is 0.0462. The van der Waals surface area contributed by atoms with Crippen LogP contribution in [-0.4, -0.2) is 34.0 Å². The number of nitrogens with zero attached hydrogens (tertiary/aromatic N) is 1. The SMILES string of the molecule is O=C(O[C@H]1CC[C@@H](Br)[C@H]2CC[C@@H]1O2)c1ccc([N+](=O)[O-])cc1. The number of benzene rings is 1. The minimum Gasteiger partial charge on any atom is -0.456 e. The summed E-state index contributed by atoms with van der Waals surface area (Å²) in [7, 11) is 0. The average molecular weight is 370 g/mol. The lowest BCUT2D eigenvalue weighted by Gasteiger charge is -2.21.